The summed E-state index contributed by atoms with van der Waals surface area (Å²) in [6.07, 6.45) is 7.40. The van der Waals surface area contributed by atoms with E-state index in [-0.39, 0.29) is 0 Å². The van der Waals surface area contributed by atoms with Crippen LogP contribution < -0.4 is 5.73 Å². The SMILES string of the molecule is CCCCCCCO[Si](C)(CCCN)OC. The zero-order valence-electron chi connectivity index (χ0n) is 11.3. The fourth-order valence-electron chi connectivity index (χ4n) is 1.65. The number of nitrogens with two attached hydrogens (primary N) is 1. The predicted octanol–water partition coefficient (Wildman–Crippen LogP) is 3.04. The van der Waals surface area contributed by atoms with Crippen molar-refractivity contribution in [3.8, 4) is 0 Å². The minimum atomic E-state index is -1.89. The van der Waals surface area contributed by atoms with Gasteiger partial charge in [0.2, 0.25) is 0 Å². The summed E-state index contributed by atoms with van der Waals surface area (Å²) in [7, 11) is -0.129. The van der Waals surface area contributed by atoms with Gasteiger partial charge in [0.1, 0.15) is 0 Å². The van der Waals surface area contributed by atoms with Crippen LogP contribution in [0.2, 0.25) is 12.6 Å². The number of rotatable bonds is 11. The summed E-state index contributed by atoms with van der Waals surface area (Å²) in [6, 6.07) is 1.01. The van der Waals surface area contributed by atoms with Crippen molar-refractivity contribution < 1.29 is 8.85 Å². The van der Waals surface area contributed by atoms with Crippen molar-refractivity contribution in [3.05, 3.63) is 0 Å². The maximum atomic E-state index is 5.92. The molecule has 1 unspecified atom stereocenters. The van der Waals surface area contributed by atoms with E-state index < -0.39 is 8.56 Å². The zero-order valence-corrected chi connectivity index (χ0v) is 12.3. The molecule has 3 nitrogen and oxygen atoms in total. The van der Waals surface area contributed by atoms with E-state index in [1.807, 2.05) is 0 Å². The monoisotopic (exact) mass is 247 g/mol. The Balaban J connectivity index is 3.53. The molecule has 2 N–H and O–H groups in total. The van der Waals surface area contributed by atoms with Gasteiger partial charge in [-0.05, 0) is 32.0 Å². The van der Waals surface area contributed by atoms with E-state index in [4.69, 9.17) is 14.6 Å². The molecule has 0 aromatic rings. The van der Waals surface area contributed by atoms with Crippen LogP contribution >= 0.6 is 0 Å². The lowest BCUT2D eigenvalue weighted by Crippen LogP contribution is -2.38. The molecule has 0 heterocycles. The minimum Gasteiger partial charge on any atom is -0.398 e. The highest BCUT2D eigenvalue weighted by Crippen LogP contribution is 2.15. The second-order valence-corrected chi connectivity index (χ2v) is 7.96. The van der Waals surface area contributed by atoms with E-state index in [1.165, 1.54) is 25.7 Å². The van der Waals surface area contributed by atoms with Gasteiger partial charge in [-0.2, -0.15) is 0 Å². The topological polar surface area (TPSA) is 44.5 Å². The third kappa shape index (κ3) is 8.27. The van der Waals surface area contributed by atoms with Crippen LogP contribution in [-0.2, 0) is 8.85 Å². The van der Waals surface area contributed by atoms with Gasteiger partial charge in [-0.3, -0.25) is 0 Å². The highest BCUT2D eigenvalue weighted by molar-refractivity contribution is 6.65. The summed E-state index contributed by atoms with van der Waals surface area (Å²) < 4.78 is 11.5. The molecule has 0 aliphatic rings. The summed E-state index contributed by atoms with van der Waals surface area (Å²) in [5, 5.41) is 0. The Labute approximate surface area is 102 Å². The van der Waals surface area contributed by atoms with Gasteiger partial charge in [-0.15, -0.1) is 0 Å². The molecule has 98 valence electrons. The fourth-order valence-corrected chi connectivity index (χ4v) is 3.54. The van der Waals surface area contributed by atoms with Crippen LogP contribution in [-0.4, -0.2) is 28.8 Å². The summed E-state index contributed by atoms with van der Waals surface area (Å²) in [5.41, 5.74) is 5.51. The largest absolute Gasteiger partial charge is 0.398 e. The molecular formula is C12H29NO2Si. The molecular weight excluding hydrogens is 218 g/mol. The first-order chi connectivity index (χ1) is 7.68. The van der Waals surface area contributed by atoms with Crippen LogP contribution in [0.4, 0.5) is 0 Å². The molecule has 0 saturated heterocycles. The second-order valence-electron chi connectivity index (χ2n) is 4.49. The molecule has 0 fully saturated rings. The van der Waals surface area contributed by atoms with Crippen molar-refractivity contribution in [2.45, 2.75) is 58.0 Å². The predicted molar refractivity (Wildman–Crippen MR) is 71.8 cm³/mol. The number of hydrogen-bond donors (Lipinski definition) is 1. The van der Waals surface area contributed by atoms with Crippen molar-refractivity contribution in [1.29, 1.82) is 0 Å². The lowest BCUT2D eigenvalue weighted by Gasteiger charge is -2.24. The van der Waals surface area contributed by atoms with Crippen LogP contribution in [0.5, 0.6) is 0 Å². The van der Waals surface area contributed by atoms with Gasteiger partial charge in [0, 0.05) is 13.7 Å². The Morgan fingerprint density at radius 1 is 1.06 bits per heavy atom. The lowest BCUT2D eigenvalue weighted by molar-refractivity contribution is 0.199. The molecule has 0 aliphatic heterocycles. The Kier molecular flexibility index (Phi) is 10.3. The van der Waals surface area contributed by atoms with Crippen LogP contribution in [0.25, 0.3) is 0 Å². The summed E-state index contributed by atoms with van der Waals surface area (Å²) in [5.74, 6) is 0. The molecule has 1 atom stereocenters. The third-order valence-corrected chi connectivity index (χ3v) is 5.86. The van der Waals surface area contributed by atoms with E-state index in [0.29, 0.717) is 0 Å². The molecule has 0 aromatic carbocycles. The normalized spacial score (nSPS) is 15.0. The van der Waals surface area contributed by atoms with Crippen LogP contribution in [0.3, 0.4) is 0 Å². The highest BCUT2D eigenvalue weighted by Gasteiger charge is 2.28. The van der Waals surface area contributed by atoms with Crippen molar-refractivity contribution in [3.63, 3.8) is 0 Å². The molecule has 0 rings (SSSR count). The quantitative estimate of drug-likeness (QED) is 0.451. The van der Waals surface area contributed by atoms with Crippen LogP contribution in [0, 0.1) is 0 Å². The zero-order chi connectivity index (χ0) is 12.3. The van der Waals surface area contributed by atoms with E-state index in [2.05, 4.69) is 13.5 Å². The summed E-state index contributed by atoms with van der Waals surface area (Å²) in [6.45, 7) is 5.95. The molecule has 0 spiro atoms. The van der Waals surface area contributed by atoms with Crippen LogP contribution in [0.15, 0.2) is 0 Å². The number of hydrogen-bond acceptors (Lipinski definition) is 3. The van der Waals surface area contributed by atoms with Gasteiger partial charge < -0.3 is 14.6 Å². The van der Waals surface area contributed by atoms with Crippen LogP contribution in [0.1, 0.15) is 45.4 Å². The second kappa shape index (κ2) is 10.3. The van der Waals surface area contributed by atoms with Gasteiger partial charge in [0.15, 0.2) is 0 Å². The van der Waals surface area contributed by atoms with E-state index in [0.717, 1.165) is 32.0 Å². The standard InChI is InChI=1S/C12H29NO2Si/c1-4-5-6-7-8-11-15-16(3,14-2)12-9-10-13/h4-13H2,1-3H3. The lowest BCUT2D eigenvalue weighted by atomic mass is 10.2. The van der Waals surface area contributed by atoms with E-state index in [9.17, 15) is 0 Å². The smallest absolute Gasteiger partial charge is 0.334 e. The molecule has 16 heavy (non-hydrogen) atoms. The van der Waals surface area contributed by atoms with Gasteiger partial charge in [-0.25, -0.2) is 0 Å². The number of unbranched alkanes of at least 4 members (excludes halogenated alkanes) is 4. The highest BCUT2D eigenvalue weighted by atomic mass is 28.4. The fraction of sp³-hybridized carbons (Fsp3) is 1.00. The first-order valence-electron chi connectivity index (χ1n) is 6.57. The van der Waals surface area contributed by atoms with Gasteiger partial charge >= 0.3 is 8.56 Å². The third-order valence-electron chi connectivity index (χ3n) is 2.92. The van der Waals surface area contributed by atoms with Crippen molar-refractivity contribution in [1.82, 2.24) is 0 Å². The average molecular weight is 247 g/mol. The van der Waals surface area contributed by atoms with Crippen molar-refractivity contribution in [2.24, 2.45) is 5.73 Å². The summed E-state index contributed by atoms with van der Waals surface area (Å²) in [4.78, 5) is 0. The molecule has 0 aromatic heterocycles. The Morgan fingerprint density at radius 2 is 1.75 bits per heavy atom. The van der Waals surface area contributed by atoms with Gasteiger partial charge in [0.05, 0.1) is 0 Å². The first-order valence-corrected chi connectivity index (χ1v) is 9.10. The van der Waals surface area contributed by atoms with Gasteiger partial charge in [-0.1, -0.05) is 32.6 Å². The molecule has 0 amide bonds. The molecule has 0 radical (unpaired) electrons. The van der Waals surface area contributed by atoms with Gasteiger partial charge in [0.25, 0.3) is 0 Å². The Bertz CT molecular complexity index is 158. The Morgan fingerprint density at radius 3 is 2.31 bits per heavy atom. The minimum absolute atomic E-state index is 0.728. The maximum absolute atomic E-state index is 5.92. The molecule has 0 aliphatic carbocycles. The molecule has 4 heteroatoms. The van der Waals surface area contributed by atoms with E-state index >= 15 is 0 Å². The Hall–Kier alpha value is 0.0969. The summed E-state index contributed by atoms with van der Waals surface area (Å²) >= 11 is 0. The van der Waals surface area contributed by atoms with Crippen molar-refractivity contribution in [2.75, 3.05) is 20.3 Å². The first kappa shape index (κ1) is 16.1. The maximum Gasteiger partial charge on any atom is 0.334 e. The van der Waals surface area contributed by atoms with Crippen molar-refractivity contribution >= 4 is 8.56 Å². The van der Waals surface area contributed by atoms with E-state index in [1.54, 1.807) is 7.11 Å². The molecule has 0 saturated carbocycles. The molecule has 0 bridgehead atoms. The average Bonchev–Trinajstić information content (AvgIpc) is 2.31.